The second kappa shape index (κ2) is 6.99. The number of pyridine rings is 2. The minimum atomic E-state index is -0.0280. The highest BCUT2D eigenvalue weighted by Gasteiger charge is 2.07. The average Bonchev–Trinajstić information content (AvgIpc) is 3.13. The molecule has 1 N–H and O–H groups in total. The first kappa shape index (κ1) is 16.9. The lowest BCUT2D eigenvalue weighted by molar-refractivity contribution is -0.115. The molecule has 6 heteroatoms. The number of hydrogen-bond donors (Lipinski definition) is 1. The lowest BCUT2D eigenvalue weighted by Crippen LogP contribution is -2.09. The summed E-state index contributed by atoms with van der Waals surface area (Å²) in [5, 5.41) is 9.23. The monoisotopic (exact) mass is 357 g/mol. The highest BCUT2D eigenvalue weighted by Crippen LogP contribution is 2.27. The molecule has 0 bridgehead atoms. The van der Waals surface area contributed by atoms with E-state index in [1.165, 1.54) is 0 Å². The van der Waals surface area contributed by atoms with Crippen molar-refractivity contribution in [3.8, 4) is 22.5 Å². The van der Waals surface area contributed by atoms with E-state index < -0.39 is 0 Å². The Morgan fingerprint density at radius 1 is 1.00 bits per heavy atom. The van der Waals surface area contributed by atoms with E-state index in [0.29, 0.717) is 6.42 Å². The molecule has 27 heavy (non-hydrogen) atoms. The fraction of sp³-hybridized carbons (Fsp3) is 0.143. The minimum absolute atomic E-state index is 0.0280. The Morgan fingerprint density at radius 3 is 2.63 bits per heavy atom. The molecular weight excluding hydrogens is 338 g/mol. The van der Waals surface area contributed by atoms with Crippen LogP contribution in [0.3, 0.4) is 0 Å². The van der Waals surface area contributed by atoms with Gasteiger partial charge in [-0.25, -0.2) is 0 Å². The number of nitrogens with zero attached hydrogens (tertiary/aromatic N) is 4. The number of fused-ring (bicyclic) bond motifs is 1. The van der Waals surface area contributed by atoms with Crippen LogP contribution in [0, 0.1) is 0 Å². The highest BCUT2D eigenvalue weighted by molar-refractivity contribution is 5.92. The normalized spacial score (nSPS) is 10.9. The first-order valence-corrected chi connectivity index (χ1v) is 8.77. The third-order valence-electron chi connectivity index (χ3n) is 4.39. The van der Waals surface area contributed by atoms with Crippen LogP contribution < -0.4 is 5.32 Å². The predicted octanol–water partition coefficient (Wildman–Crippen LogP) is 4.05. The third-order valence-corrected chi connectivity index (χ3v) is 4.39. The third kappa shape index (κ3) is 3.55. The molecule has 3 aromatic heterocycles. The Hall–Kier alpha value is -3.54. The molecular formula is C21H19N5O. The van der Waals surface area contributed by atoms with Crippen LogP contribution >= 0.6 is 0 Å². The Kier molecular flexibility index (Phi) is 4.38. The standard InChI is InChI=1S/C21H19N5O/c1-3-21(27)25-18-6-7-22-20(10-18)19-9-16-8-14(4-5-15(16)11-23-19)17-12-24-26(2)13-17/h4-13H,3H2,1-2H3,(H,22,25,27). The fourth-order valence-electron chi connectivity index (χ4n) is 2.93. The van der Waals surface area contributed by atoms with Crippen molar-refractivity contribution in [3.63, 3.8) is 0 Å². The molecule has 1 aromatic carbocycles. The van der Waals surface area contributed by atoms with Gasteiger partial charge in [0, 0.05) is 48.7 Å². The molecule has 134 valence electrons. The molecule has 3 heterocycles. The number of carbonyl (C=O) groups is 1. The fourth-order valence-corrected chi connectivity index (χ4v) is 2.93. The lowest BCUT2D eigenvalue weighted by atomic mass is 10.0. The Balaban J connectivity index is 1.72. The van der Waals surface area contributed by atoms with Gasteiger partial charge in [-0.2, -0.15) is 5.10 Å². The molecule has 0 unspecified atom stereocenters. The van der Waals surface area contributed by atoms with Crippen LogP contribution in [-0.2, 0) is 11.8 Å². The quantitative estimate of drug-likeness (QED) is 0.598. The van der Waals surface area contributed by atoms with Gasteiger partial charge in [0.15, 0.2) is 0 Å². The van der Waals surface area contributed by atoms with Crippen LogP contribution in [0.2, 0.25) is 0 Å². The van der Waals surface area contributed by atoms with Gasteiger partial charge in [-0.3, -0.25) is 19.4 Å². The highest BCUT2D eigenvalue weighted by atomic mass is 16.1. The maximum atomic E-state index is 11.6. The molecule has 0 atom stereocenters. The predicted molar refractivity (Wildman–Crippen MR) is 106 cm³/mol. The van der Waals surface area contributed by atoms with Crippen molar-refractivity contribution in [2.45, 2.75) is 13.3 Å². The molecule has 0 aliphatic carbocycles. The Bertz CT molecular complexity index is 1130. The number of anilines is 1. The van der Waals surface area contributed by atoms with E-state index in [-0.39, 0.29) is 5.91 Å². The number of benzene rings is 1. The molecule has 0 spiro atoms. The molecule has 0 saturated carbocycles. The number of hydrogen-bond acceptors (Lipinski definition) is 4. The summed E-state index contributed by atoms with van der Waals surface area (Å²) in [4.78, 5) is 20.6. The summed E-state index contributed by atoms with van der Waals surface area (Å²) < 4.78 is 1.79. The summed E-state index contributed by atoms with van der Waals surface area (Å²) in [7, 11) is 1.91. The van der Waals surface area contributed by atoms with E-state index >= 15 is 0 Å². The molecule has 0 saturated heterocycles. The topological polar surface area (TPSA) is 72.7 Å². The van der Waals surface area contributed by atoms with Gasteiger partial charge in [-0.15, -0.1) is 0 Å². The smallest absolute Gasteiger partial charge is 0.224 e. The molecule has 1 amide bonds. The zero-order valence-electron chi connectivity index (χ0n) is 15.2. The van der Waals surface area contributed by atoms with Gasteiger partial charge in [0.2, 0.25) is 5.91 Å². The number of carbonyl (C=O) groups excluding carboxylic acids is 1. The number of amides is 1. The molecule has 0 radical (unpaired) electrons. The minimum Gasteiger partial charge on any atom is -0.326 e. The van der Waals surface area contributed by atoms with Crippen LogP contribution in [0.5, 0.6) is 0 Å². The van der Waals surface area contributed by atoms with Gasteiger partial charge in [-0.05, 0) is 35.2 Å². The molecule has 6 nitrogen and oxygen atoms in total. The van der Waals surface area contributed by atoms with Crippen LogP contribution in [0.15, 0.2) is 61.2 Å². The first-order chi connectivity index (χ1) is 13.1. The van der Waals surface area contributed by atoms with E-state index in [2.05, 4.69) is 38.6 Å². The van der Waals surface area contributed by atoms with Crippen LogP contribution in [-0.4, -0.2) is 25.7 Å². The van der Waals surface area contributed by atoms with Gasteiger partial charge >= 0.3 is 0 Å². The molecule has 0 aliphatic rings. The summed E-state index contributed by atoms with van der Waals surface area (Å²) in [6.07, 6.45) is 7.80. The van der Waals surface area contributed by atoms with Crippen molar-refractivity contribution in [1.29, 1.82) is 0 Å². The van der Waals surface area contributed by atoms with Gasteiger partial charge in [0.1, 0.15) is 0 Å². The van der Waals surface area contributed by atoms with Crippen LogP contribution in [0.1, 0.15) is 13.3 Å². The molecule has 0 fully saturated rings. The van der Waals surface area contributed by atoms with Crippen molar-refractivity contribution in [3.05, 3.63) is 61.2 Å². The van der Waals surface area contributed by atoms with Crippen molar-refractivity contribution < 1.29 is 4.79 Å². The van der Waals surface area contributed by atoms with Gasteiger partial charge in [-0.1, -0.05) is 19.1 Å². The van der Waals surface area contributed by atoms with Gasteiger partial charge < -0.3 is 5.32 Å². The van der Waals surface area contributed by atoms with E-state index in [1.807, 2.05) is 44.7 Å². The van der Waals surface area contributed by atoms with Gasteiger partial charge in [0.25, 0.3) is 0 Å². The van der Waals surface area contributed by atoms with Crippen LogP contribution in [0.25, 0.3) is 33.3 Å². The maximum Gasteiger partial charge on any atom is 0.224 e. The zero-order valence-corrected chi connectivity index (χ0v) is 15.2. The summed E-state index contributed by atoms with van der Waals surface area (Å²) in [5.41, 5.74) is 4.37. The van der Waals surface area contributed by atoms with Crippen molar-refractivity contribution >= 4 is 22.4 Å². The second-order valence-corrected chi connectivity index (χ2v) is 6.37. The largest absolute Gasteiger partial charge is 0.326 e. The maximum absolute atomic E-state index is 11.6. The lowest BCUT2D eigenvalue weighted by Gasteiger charge is -2.07. The second-order valence-electron chi connectivity index (χ2n) is 6.37. The summed E-state index contributed by atoms with van der Waals surface area (Å²) in [6.45, 7) is 1.82. The van der Waals surface area contributed by atoms with E-state index in [0.717, 1.165) is 39.0 Å². The molecule has 4 rings (SSSR count). The Morgan fingerprint density at radius 2 is 1.85 bits per heavy atom. The van der Waals surface area contributed by atoms with Crippen molar-refractivity contribution in [2.24, 2.45) is 7.05 Å². The molecule has 4 aromatic rings. The first-order valence-electron chi connectivity index (χ1n) is 8.77. The zero-order chi connectivity index (χ0) is 18.8. The SMILES string of the molecule is CCC(=O)Nc1ccnc(-c2cc3cc(-c4cnn(C)c4)ccc3cn2)c1. The van der Waals surface area contributed by atoms with Crippen molar-refractivity contribution in [1.82, 2.24) is 19.7 Å². The average molecular weight is 357 g/mol. The van der Waals surface area contributed by atoms with Crippen molar-refractivity contribution in [2.75, 3.05) is 5.32 Å². The van der Waals surface area contributed by atoms with E-state index in [4.69, 9.17) is 0 Å². The summed E-state index contributed by atoms with van der Waals surface area (Å²) in [5.74, 6) is -0.0280. The number of nitrogens with one attached hydrogen (secondary N) is 1. The summed E-state index contributed by atoms with van der Waals surface area (Å²) >= 11 is 0. The van der Waals surface area contributed by atoms with Gasteiger partial charge in [0.05, 0.1) is 17.6 Å². The van der Waals surface area contributed by atoms with E-state index in [9.17, 15) is 4.79 Å². The Labute approximate surface area is 156 Å². The molecule has 0 aliphatic heterocycles. The number of aromatic nitrogens is 4. The number of aryl methyl sites for hydroxylation is 1. The van der Waals surface area contributed by atoms with Crippen LogP contribution in [0.4, 0.5) is 5.69 Å². The summed E-state index contributed by atoms with van der Waals surface area (Å²) in [6, 6.07) is 11.9. The number of rotatable bonds is 4. The van der Waals surface area contributed by atoms with E-state index in [1.54, 1.807) is 16.9 Å².